The maximum absolute atomic E-state index is 14.2. The van der Waals surface area contributed by atoms with Crippen LogP contribution < -0.4 is 14.4 Å². The van der Waals surface area contributed by atoms with Crippen molar-refractivity contribution >= 4 is 21.3 Å². The van der Waals surface area contributed by atoms with Gasteiger partial charge in [0, 0.05) is 11.4 Å². The molecule has 0 aromatic heterocycles. The van der Waals surface area contributed by atoms with Gasteiger partial charge < -0.3 is 14.7 Å². The number of aliphatic hydroxyl groups excluding tert-OH is 1. The molecule has 1 aliphatic heterocycles. The van der Waals surface area contributed by atoms with Gasteiger partial charge in [0.15, 0.2) is 9.92 Å². The van der Waals surface area contributed by atoms with Gasteiger partial charge in [0.1, 0.15) is 11.9 Å². The molecular weight excluding hydrogens is 539 g/mol. The van der Waals surface area contributed by atoms with E-state index in [-0.39, 0.29) is 17.5 Å². The second-order valence-electron chi connectivity index (χ2n) is 9.88. The molecule has 0 fully saturated rings. The lowest BCUT2D eigenvalue weighted by Gasteiger charge is -2.40. The smallest absolute Gasteiger partial charge is 0.406 e. The highest BCUT2D eigenvalue weighted by Crippen LogP contribution is 2.41. The van der Waals surface area contributed by atoms with E-state index in [1.54, 1.807) is 0 Å². The molecule has 3 aromatic carbocycles. The van der Waals surface area contributed by atoms with E-state index in [2.05, 4.69) is 43.0 Å². The third kappa shape index (κ3) is 5.97. The van der Waals surface area contributed by atoms with Crippen molar-refractivity contribution in [2.24, 2.45) is 4.36 Å². The van der Waals surface area contributed by atoms with Gasteiger partial charge in [0.2, 0.25) is 0 Å². The molecule has 0 radical (unpaired) electrons. The SMILES string of the molecule is CCCN=S(=O)(NC1=CCC[C@H](N2c3ccccc3CCc3ccccc32)[C@@H]1O)c1ccc(OC(F)(F)F)cc1. The quantitative estimate of drug-likeness (QED) is 0.332. The summed E-state index contributed by atoms with van der Waals surface area (Å²) in [7, 11) is -3.31. The number of para-hydroxylation sites is 2. The molecule has 10 heteroatoms. The molecule has 0 amide bonds. The fourth-order valence-electron chi connectivity index (χ4n) is 5.31. The lowest BCUT2D eigenvalue weighted by Crippen LogP contribution is -2.47. The topological polar surface area (TPSA) is 74.2 Å². The third-order valence-corrected chi connectivity index (χ3v) is 9.11. The summed E-state index contributed by atoms with van der Waals surface area (Å²) in [5.74, 6) is -0.413. The summed E-state index contributed by atoms with van der Waals surface area (Å²) in [5.41, 5.74) is 4.84. The van der Waals surface area contributed by atoms with Crippen LogP contribution in [0.4, 0.5) is 24.5 Å². The molecule has 0 bridgehead atoms. The summed E-state index contributed by atoms with van der Waals surface area (Å²) in [4.78, 5) is 2.40. The van der Waals surface area contributed by atoms with Crippen LogP contribution in [0.3, 0.4) is 0 Å². The Morgan fingerprint density at radius 1 is 1.00 bits per heavy atom. The average Bonchev–Trinajstić information content (AvgIpc) is 3.10. The molecule has 212 valence electrons. The highest BCUT2D eigenvalue weighted by Gasteiger charge is 2.36. The van der Waals surface area contributed by atoms with Crippen molar-refractivity contribution in [3.05, 3.63) is 95.7 Å². The van der Waals surface area contributed by atoms with Crippen LogP contribution in [0.1, 0.15) is 37.3 Å². The highest BCUT2D eigenvalue weighted by molar-refractivity contribution is 7.91. The molecule has 3 atom stereocenters. The molecule has 3 aromatic rings. The Bertz CT molecular complexity index is 1450. The fourth-order valence-corrected chi connectivity index (χ4v) is 7.11. The average molecular weight is 572 g/mol. The minimum Gasteiger partial charge on any atom is -0.406 e. The van der Waals surface area contributed by atoms with Crippen LogP contribution in [-0.4, -0.2) is 34.4 Å². The van der Waals surface area contributed by atoms with Crippen molar-refractivity contribution in [2.45, 2.75) is 62.4 Å². The maximum Gasteiger partial charge on any atom is 0.573 e. The van der Waals surface area contributed by atoms with Gasteiger partial charge in [-0.3, -0.25) is 4.72 Å². The predicted molar refractivity (Wildman–Crippen MR) is 150 cm³/mol. The highest BCUT2D eigenvalue weighted by atomic mass is 32.2. The number of alkyl halides is 3. The molecule has 1 aliphatic carbocycles. The molecule has 1 unspecified atom stereocenters. The van der Waals surface area contributed by atoms with Crippen molar-refractivity contribution < 1.29 is 27.2 Å². The van der Waals surface area contributed by atoms with Crippen LogP contribution in [0.15, 0.2) is 93.8 Å². The summed E-state index contributed by atoms with van der Waals surface area (Å²) in [6.07, 6.45) is -0.323. The number of allylic oxidation sites excluding steroid dienone is 1. The van der Waals surface area contributed by atoms with Crippen molar-refractivity contribution in [3.8, 4) is 5.75 Å². The largest absolute Gasteiger partial charge is 0.573 e. The number of fused-ring (bicyclic) bond motifs is 2. The van der Waals surface area contributed by atoms with Gasteiger partial charge in [-0.1, -0.05) is 49.4 Å². The van der Waals surface area contributed by atoms with E-state index < -0.39 is 28.1 Å². The number of nitrogens with one attached hydrogen (secondary N) is 1. The first-order valence-electron chi connectivity index (χ1n) is 13.4. The Labute approximate surface area is 232 Å². The number of hydrogen-bond donors (Lipinski definition) is 2. The van der Waals surface area contributed by atoms with E-state index in [4.69, 9.17) is 0 Å². The van der Waals surface area contributed by atoms with Crippen molar-refractivity contribution in [1.82, 2.24) is 4.72 Å². The third-order valence-electron chi connectivity index (χ3n) is 7.14. The predicted octanol–water partition coefficient (Wildman–Crippen LogP) is 6.67. The Hall–Kier alpha value is -3.50. The van der Waals surface area contributed by atoms with Crippen molar-refractivity contribution in [1.29, 1.82) is 0 Å². The first kappa shape index (κ1) is 28.0. The van der Waals surface area contributed by atoms with Crippen LogP contribution in [-0.2, 0) is 22.8 Å². The molecule has 0 spiro atoms. The first-order valence-corrected chi connectivity index (χ1v) is 14.9. The Balaban J connectivity index is 1.48. The Kier molecular flexibility index (Phi) is 8.09. The zero-order chi connectivity index (χ0) is 28.3. The second kappa shape index (κ2) is 11.5. The lowest BCUT2D eigenvalue weighted by molar-refractivity contribution is -0.274. The number of benzene rings is 3. The normalized spacial score (nSPS) is 20.3. The van der Waals surface area contributed by atoms with Crippen LogP contribution in [0, 0.1) is 0 Å². The number of aliphatic hydroxyl groups is 1. The standard InChI is InChI=1S/C30H32F3N3O3S/c1-2-20-34-40(38,24-18-16-23(17-19-24)39-30(31,32)33)35-25-10-7-13-28(29(25)37)36-26-11-5-3-8-21(26)14-15-22-9-4-6-12-27(22)36/h3-6,8-12,16-19,28-29,37H,2,7,13-15,20H2,1H3,(H,34,35,38)/t28-,29+,40?/m0/s1. The maximum atomic E-state index is 14.2. The zero-order valence-corrected chi connectivity index (χ0v) is 22.9. The monoisotopic (exact) mass is 571 g/mol. The van der Waals surface area contributed by atoms with Gasteiger partial charge in [0.05, 0.1) is 23.2 Å². The Morgan fingerprint density at radius 2 is 1.60 bits per heavy atom. The van der Waals surface area contributed by atoms with E-state index in [0.717, 1.165) is 36.3 Å². The zero-order valence-electron chi connectivity index (χ0n) is 22.1. The number of rotatable bonds is 7. The number of ether oxygens (including phenoxy) is 1. The first-order chi connectivity index (χ1) is 19.2. The van der Waals surface area contributed by atoms with E-state index in [0.29, 0.717) is 25.0 Å². The van der Waals surface area contributed by atoms with Crippen molar-refractivity contribution in [2.75, 3.05) is 11.4 Å². The number of halogens is 3. The molecule has 2 N–H and O–H groups in total. The molecular formula is C30H32F3N3O3S. The fraction of sp³-hybridized carbons (Fsp3) is 0.333. The van der Waals surface area contributed by atoms with Crippen molar-refractivity contribution in [3.63, 3.8) is 0 Å². The van der Waals surface area contributed by atoms with E-state index >= 15 is 0 Å². The summed E-state index contributed by atoms with van der Waals surface area (Å²) >= 11 is 0. The van der Waals surface area contributed by atoms with E-state index in [1.165, 1.54) is 23.3 Å². The summed E-state index contributed by atoms with van der Waals surface area (Å²) in [6.45, 7) is 2.16. The molecule has 0 saturated carbocycles. The van der Waals surface area contributed by atoms with Crippen LogP contribution in [0.5, 0.6) is 5.75 Å². The van der Waals surface area contributed by atoms with Gasteiger partial charge in [-0.25, -0.2) is 8.57 Å². The van der Waals surface area contributed by atoms with Gasteiger partial charge in [0.25, 0.3) is 0 Å². The number of aryl methyl sites for hydroxylation is 2. The van der Waals surface area contributed by atoms with Crippen LogP contribution in [0.25, 0.3) is 0 Å². The summed E-state index contributed by atoms with van der Waals surface area (Å²) < 4.78 is 63.5. The molecule has 6 nitrogen and oxygen atoms in total. The van der Waals surface area contributed by atoms with Gasteiger partial charge in [-0.05, 0) is 79.6 Å². The van der Waals surface area contributed by atoms with Gasteiger partial charge in [-0.2, -0.15) is 0 Å². The molecule has 1 heterocycles. The number of nitrogens with zero attached hydrogens (tertiary/aromatic N) is 2. The van der Waals surface area contributed by atoms with E-state index in [1.807, 2.05) is 37.3 Å². The molecule has 40 heavy (non-hydrogen) atoms. The number of hydrogen-bond acceptors (Lipinski definition) is 5. The van der Waals surface area contributed by atoms with Crippen LogP contribution >= 0.6 is 0 Å². The minimum atomic E-state index is -4.83. The lowest BCUT2D eigenvalue weighted by atomic mass is 9.93. The summed E-state index contributed by atoms with van der Waals surface area (Å²) in [6, 6.07) is 20.9. The molecule has 2 aliphatic rings. The van der Waals surface area contributed by atoms with Gasteiger partial charge >= 0.3 is 6.36 Å². The molecule has 5 rings (SSSR count). The van der Waals surface area contributed by atoms with Gasteiger partial charge in [-0.15, -0.1) is 13.2 Å². The Morgan fingerprint density at radius 3 is 2.17 bits per heavy atom. The molecule has 0 saturated heterocycles. The number of anilines is 2. The summed E-state index contributed by atoms with van der Waals surface area (Å²) in [5, 5.41) is 11.7. The van der Waals surface area contributed by atoms with E-state index in [9.17, 15) is 22.5 Å². The minimum absolute atomic E-state index is 0.205. The van der Waals surface area contributed by atoms with Crippen LogP contribution in [0.2, 0.25) is 0 Å². The second-order valence-corrected chi connectivity index (χ2v) is 11.9.